The Morgan fingerprint density at radius 2 is 1.94 bits per heavy atom. The van der Waals surface area contributed by atoms with Crippen LogP contribution in [0.15, 0.2) is 36.4 Å². The van der Waals surface area contributed by atoms with E-state index in [-0.39, 0.29) is 30.2 Å². The van der Waals surface area contributed by atoms with E-state index >= 15 is 0 Å². The molecule has 7 nitrogen and oxygen atoms in total. The van der Waals surface area contributed by atoms with E-state index in [1.807, 2.05) is 38.1 Å². The molecule has 0 amide bonds. The van der Waals surface area contributed by atoms with E-state index in [9.17, 15) is 4.79 Å². The molecule has 7 heteroatoms. The Bertz CT molecular complexity index is 828. The topological polar surface area (TPSA) is 72.5 Å². The summed E-state index contributed by atoms with van der Waals surface area (Å²) in [4.78, 5) is 11.6. The Kier molecular flexibility index (Phi) is 9.48. The van der Waals surface area contributed by atoms with Gasteiger partial charge in [-0.3, -0.25) is 4.79 Å². The van der Waals surface area contributed by atoms with E-state index in [0.29, 0.717) is 19.4 Å². The standard InChI is InChI=1S/C26H34O7/c1-6-7-23(18(3)29-16-20-8-10-21(28-5)11-9-20)32-26-15-13-24(19(4)31-26)33-25-14-12-22(27)17(2)30-25/h1,8-12,14,17-19,23-26H,7,13,15-16H2,2-5H3/t17-,18-,19-,23-,24-,25-,26-/m0/s1. The van der Waals surface area contributed by atoms with Gasteiger partial charge in [-0.25, -0.2) is 0 Å². The van der Waals surface area contributed by atoms with Crippen LogP contribution >= 0.6 is 0 Å². The summed E-state index contributed by atoms with van der Waals surface area (Å²) in [5, 5.41) is 0. The maximum Gasteiger partial charge on any atom is 0.184 e. The summed E-state index contributed by atoms with van der Waals surface area (Å²) in [5.74, 6) is 3.43. The summed E-state index contributed by atoms with van der Waals surface area (Å²) in [6.45, 7) is 6.07. The van der Waals surface area contributed by atoms with Crippen molar-refractivity contribution in [1.29, 1.82) is 0 Å². The van der Waals surface area contributed by atoms with Gasteiger partial charge in [0.05, 0.1) is 38.1 Å². The van der Waals surface area contributed by atoms with Crippen molar-refractivity contribution in [1.82, 2.24) is 0 Å². The molecule has 7 atom stereocenters. The molecule has 0 unspecified atom stereocenters. The zero-order chi connectivity index (χ0) is 23.8. The molecule has 0 aliphatic carbocycles. The lowest BCUT2D eigenvalue weighted by Crippen LogP contribution is -2.45. The molecule has 0 bridgehead atoms. The molecule has 3 rings (SSSR count). The molecule has 33 heavy (non-hydrogen) atoms. The van der Waals surface area contributed by atoms with Crippen molar-refractivity contribution in [3.05, 3.63) is 42.0 Å². The third-order valence-corrected chi connectivity index (χ3v) is 5.88. The minimum atomic E-state index is -0.549. The van der Waals surface area contributed by atoms with Gasteiger partial charge in [0.25, 0.3) is 0 Å². The maximum atomic E-state index is 11.6. The Hall–Kier alpha value is -2.21. The van der Waals surface area contributed by atoms with Crippen LogP contribution in [0.25, 0.3) is 0 Å². The summed E-state index contributed by atoms with van der Waals surface area (Å²) >= 11 is 0. The number of hydrogen-bond donors (Lipinski definition) is 0. The molecule has 1 fully saturated rings. The lowest BCUT2D eigenvalue weighted by Gasteiger charge is -2.38. The number of benzene rings is 1. The van der Waals surface area contributed by atoms with Gasteiger partial charge >= 0.3 is 0 Å². The molecule has 1 saturated heterocycles. The lowest BCUT2D eigenvalue weighted by molar-refractivity contribution is -0.271. The predicted octanol–water partition coefficient (Wildman–Crippen LogP) is 3.79. The van der Waals surface area contributed by atoms with Gasteiger partial charge in [-0.15, -0.1) is 12.3 Å². The first kappa shape index (κ1) is 25.4. The van der Waals surface area contributed by atoms with Crippen molar-refractivity contribution in [3.8, 4) is 18.1 Å². The van der Waals surface area contributed by atoms with Gasteiger partial charge in [-0.2, -0.15) is 0 Å². The quantitative estimate of drug-likeness (QED) is 0.494. The van der Waals surface area contributed by atoms with E-state index in [0.717, 1.165) is 17.7 Å². The average Bonchev–Trinajstić information content (AvgIpc) is 2.81. The molecule has 2 aliphatic rings. The highest BCUT2D eigenvalue weighted by Crippen LogP contribution is 2.27. The second-order valence-electron chi connectivity index (χ2n) is 8.38. The molecular weight excluding hydrogens is 424 g/mol. The van der Waals surface area contributed by atoms with Gasteiger partial charge < -0.3 is 28.4 Å². The number of carbonyl (C=O) groups excluding carboxylic acids is 1. The number of ether oxygens (including phenoxy) is 6. The summed E-state index contributed by atoms with van der Waals surface area (Å²) in [7, 11) is 1.64. The fraction of sp³-hybridized carbons (Fsp3) is 0.577. The molecule has 0 saturated carbocycles. The number of terminal acetylenes is 1. The van der Waals surface area contributed by atoms with Gasteiger partial charge in [0.15, 0.2) is 18.4 Å². The minimum Gasteiger partial charge on any atom is -0.497 e. The van der Waals surface area contributed by atoms with Gasteiger partial charge in [0.2, 0.25) is 0 Å². The molecule has 0 spiro atoms. The van der Waals surface area contributed by atoms with Gasteiger partial charge in [-0.1, -0.05) is 12.1 Å². The second kappa shape index (κ2) is 12.3. The minimum absolute atomic E-state index is 0.0564. The Morgan fingerprint density at radius 3 is 2.58 bits per heavy atom. The van der Waals surface area contributed by atoms with Gasteiger partial charge in [-0.05, 0) is 57.0 Å². The van der Waals surface area contributed by atoms with Crippen LogP contribution in [0.3, 0.4) is 0 Å². The fourth-order valence-corrected chi connectivity index (χ4v) is 3.77. The molecular formula is C26H34O7. The maximum absolute atomic E-state index is 11.6. The molecule has 0 radical (unpaired) electrons. The fourth-order valence-electron chi connectivity index (χ4n) is 3.77. The zero-order valence-electron chi connectivity index (χ0n) is 19.8. The van der Waals surface area contributed by atoms with E-state index < -0.39 is 18.7 Å². The molecule has 2 heterocycles. The van der Waals surface area contributed by atoms with Crippen molar-refractivity contribution in [2.45, 2.75) is 89.7 Å². The third-order valence-electron chi connectivity index (χ3n) is 5.88. The van der Waals surface area contributed by atoms with Crippen LogP contribution < -0.4 is 4.74 Å². The zero-order valence-corrected chi connectivity index (χ0v) is 19.8. The predicted molar refractivity (Wildman–Crippen MR) is 122 cm³/mol. The van der Waals surface area contributed by atoms with Crippen LogP contribution in [-0.4, -0.2) is 56.0 Å². The van der Waals surface area contributed by atoms with Crippen molar-refractivity contribution in [3.63, 3.8) is 0 Å². The first-order valence-electron chi connectivity index (χ1n) is 11.4. The summed E-state index contributed by atoms with van der Waals surface area (Å²) in [6, 6.07) is 7.75. The molecule has 180 valence electrons. The van der Waals surface area contributed by atoms with Crippen molar-refractivity contribution in [2.24, 2.45) is 0 Å². The van der Waals surface area contributed by atoms with Crippen LogP contribution in [0.5, 0.6) is 5.75 Å². The van der Waals surface area contributed by atoms with E-state index in [1.165, 1.54) is 6.08 Å². The van der Waals surface area contributed by atoms with E-state index in [4.69, 9.17) is 34.8 Å². The van der Waals surface area contributed by atoms with E-state index in [2.05, 4.69) is 5.92 Å². The van der Waals surface area contributed by atoms with Crippen LogP contribution in [0.2, 0.25) is 0 Å². The highest BCUT2D eigenvalue weighted by molar-refractivity contribution is 5.93. The number of ketones is 1. The number of methoxy groups -OCH3 is 1. The molecule has 0 aromatic heterocycles. The first-order chi connectivity index (χ1) is 15.9. The summed E-state index contributed by atoms with van der Waals surface area (Å²) < 4.78 is 35.1. The largest absolute Gasteiger partial charge is 0.497 e. The number of hydrogen-bond acceptors (Lipinski definition) is 7. The van der Waals surface area contributed by atoms with Crippen LogP contribution in [0.1, 0.15) is 45.6 Å². The van der Waals surface area contributed by atoms with Crippen molar-refractivity contribution < 1.29 is 33.2 Å². The molecule has 0 N–H and O–H groups in total. The highest BCUT2D eigenvalue weighted by atomic mass is 16.7. The van der Waals surface area contributed by atoms with Crippen LogP contribution in [0, 0.1) is 12.3 Å². The average molecular weight is 459 g/mol. The van der Waals surface area contributed by atoms with Gasteiger partial charge in [0.1, 0.15) is 11.9 Å². The third kappa shape index (κ3) is 7.39. The van der Waals surface area contributed by atoms with E-state index in [1.54, 1.807) is 20.1 Å². The number of carbonyl (C=O) groups is 1. The second-order valence-corrected chi connectivity index (χ2v) is 8.38. The lowest BCUT2D eigenvalue weighted by atomic mass is 10.1. The molecule has 2 aliphatic heterocycles. The first-order valence-corrected chi connectivity index (χ1v) is 11.4. The van der Waals surface area contributed by atoms with Gasteiger partial charge in [0, 0.05) is 12.8 Å². The SMILES string of the molecule is C#CC[C@H](O[C@H]1CC[C@H](O[C@H]2C=CC(=O)[C@H](C)O2)[C@H](C)O1)[C@H](C)OCc1ccc(OC)cc1. The monoisotopic (exact) mass is 458 g/mol. The van der Waals surface area contributed by atoms with Crippen LogP contribution in [0.4, 0.5) is 0 Å². The normalized spacial score (nSPS) is 29.3. The molecule has 1 aromatic carbocycles. The summed E-state index contributed by atoms with van der Waals surface area (Å²) in [5.41, 5.74) is 1.04. The van der Waals surface area contributed by atoms with Crippen molar-refractivity contribution in [2.75, 3.05) is 7.11 Å². The summed E-state index contributed by atoms with van der Waals surface area (Å²) in [6.07, 6.45) is 8.25. The Balaban J connectivity index is 1.47. The van der Waals surface area contributed by atoms with Crippen LogP contribution in [-0.2, 0) is 35.1 Å². The molecule has 1 aromatic rings. The van der Waals surface area contributed by atoms with Crippen molar-refractivity contribution >= 4 is 5.78 Å². The smallest absolute Gasteiger partial charge is 0.184 e. The number of rotatable bonds is 10. The Labute approximate surface area is 196 Å². The highest BCUT2D eigenvalue weighted by Gasteiger charge is 2.34. The Morgan fingerprint density at radius 1 is 1.18 bits per heavy atom.